The van der Waals surface area contributed by atoms with Gasteiger partial charge in [-0.25, -0.2) is 0 Å². The van der Waals surface area contributed by atoms with Crippen LogP contribution in [0.5, 0.6) is 0 Å². The summed E-state index contributed by atoms with van der Waals surface area (Å²) in [6.45, 7) is 1.61. The third kappa shape index (κ3) is 6.67. The van der Waals surface area contributed by atoms with Gasteiger partial charge in [0.1, 0.15) is 0 Å². The van der Waals surface area contributed by atoms with E-state index < -0.39 is 0 Å². The quantitative estimate of drug-likeness (QED) is 0.424. The fourth-order valence-electron chi connectivity index (χ4n) is 1.77. The van der Waals surface area contributed by atoms with Crippen molar-refractivity contribution in [3.63, 3.8) is 0 Å². The molecule has 2 N–H and O–H groups in total. The van der Waals surface area contributed by atoms with Crippen LogP contribution in [0.3, 0.4) is 0 Å². The van der Waals surface area contributed by atoms with E-state index in [1.807, 2.05) is 24.3 Å². The maximum atomic E-state index is 5.86. The molecule has 0 fully saturated rings. The number of benzene rings is 1. The predicted octanol–water partition coefficient (Wildman–Crippen LogP) is 3.93. The van der Waals surface area contributed by atoms with Crippen molar-refractivity contribution in [3.8, 4) is 0 Å². The van der Waals surface area contributed by atoms with Crippen LogP contribution in [0.15, 0.2) is 46.8 Å². The van der Waals surface area contributed by atoms with E-state index in [0.717, 1.165) is 30.5 Å². The topological polar surface area (TPSA) is 36.4 Å². The van der Waals surface area contributed by atoms with Crippen molar-refractivity contribution in [1.29, 1.82) is 0 Å². The van der Waals surface area contributed by atoms with Gasteiger partial charge >= 0.3 is 0 Å². The van der Waals surface area contributed by atoms with Crippen LogP contribution in [0.4, 0.5) is 0 Å². The maximum Gasteiger partial charge on any atom is 0.191 e. The molecule has 6 heteroatoms. The van der Waals surface area contributed by atoms with Gasteiger partial charge in [-0.15, -0.1) is 35.3 Å². The van der Waals surface area contributed by atoms with E-state index in [1.54, 1.807) is 18.4 Å². The average Bonchev–Trinajstić information content (AvgIpc) is 2.97. The highest BCUT2D eigenvalue weighted by molar-refractivity contribution is 14.0. The van der Waals surface area contributed by atoms with Crippen molar-refractivity contribution in [2.45, 2.75) is 13.0 Å². The molecule has 0 radical (unpaired) electrons. The summed E-state index contributed by atoms with van der Waals surface area (Å²) >= 11 is 7.64. The molecule has 0 aliphatic carbocycles. The number of halogens is 2. The Balaban J connectivity index is 0.00000220. The van der Waals surface area contributed by atoms with E-state index in [-0.39, 0.29) is 24.0 Å². The van der Waals surface area contributed by atoms with Gasteiger partial charge in [0.25, 0.3) is 0 Å². The number of nitrogens with zero attached hydrogens (tertiary/aromatic N) is 1. The van der Waals surface area contributed by atoms with Gasteiger partial charge in [-0.05, 0) is 35.6 Å². The molecule has 0 saturated carbocycles. The Morgan fingerprint density at radius 2 is 1.95 bits per heavy atom. The Hall–Kier alpha value is -0.790. The third-order valence-corrected chi connectivity index (χ3v) is 4.03. The van der Waals surface area contributed by atoms with Crippen LogP contribution in [-0.2, 0) is 13.0 Å². The number of thiophene rings is 1. The minimum absolute atomic E-state index is 0. The number of hydrogen-bond acceptors (Lipinski definition) is 2. The minimum Gasteiger partial charge on any atom is -0.356 e. The number of hydrogen-bond donors (Lipinski definition) is 2. The summed E-state index contributed by atoms with van der Waals surface area (Å²) in [7, 11) is 1.78. The molecule has 0 unspecified atom stereocenters. The molecule has 114 valence electrons. The van der Waals surface area contributed by atoms with Crippen LogP contribution >= 0.6 is 46.9 Å². The lowest BCUT2D eigenvalue weighted by Gasteiger charge is -2.11. The fourth-order valence-corrected chi connectivity index (χ4v) is 2.60. The molecule has 1 aromatic carbocycles. The van der Waals surface area contributed by atoms with Crippen LogP contribution in [-0.4, -0.2) is 19.6 Å². The summed E-state index contributed by atoms with van der Waals surface area (Å²) in [5.74, 6) is 0.816. The largest absolute Gasteiger partial charge is 0.356 e. The summed E-state index contributed by atoms with van der Waals surface area (Å²) in [5, 5.41) is 9.45. The highest BCUT2D eigenvalue weighted by Gasteiger charge is 1.99. The van der Waals surface area contributed by atoms with Crippen LogP contribution in [0.25, 0.3) is 0 Å². The van der Waals surface area contributed by atoms with Crippen molar-refractivity contribution >= 4 is 52.9 Å². The summed E-state index contributed by atoms with van der Waals surface area (Å²) in [5.41, 5.74) is 1.18. The molecule has 0 bridgehead atoms. The lowest BCUT2D eigenvalue weighted by molar-refractivity contribution is 0.799. The Bertz CT molecular complexity index is 541. The van der Waals surface area contributed by atoms with Gasteiger partial charge in [0.2, 0.25) is 0 Å². The van der Waals surface area contributed by atoms with Gasteiger partial charge in [-0.3, -0.25) is 4.99 Å². The lowest BCUT2D eigenvalue weighted by Crippen LogP contribution is -2.37. The third-order valence-electron chi connectivity index (χ3n) is 2.84. The van der Waals surface area contributed by atoms with Crippen LogP contribution in [0.1, 0.15) is 10.4 Å². The van der Waals surface area contributed by atoms with Gasteiger partial charge in [0.05, 0.1) is 0 Å². The molecule has 2 rings (SSSR count). The Kier molecular flexibility index (Phi) is 8.72. The first-order valence-electron chi connectivity index (χ1n) is 6.49. The van der Waals surface area contributed by atoms with Gasteiger partial charge in [0, 0.05) is 30.0 Å². The highest BCUT2D eigenvalue weighted by Crippen LogP contribution is 2.09. The Labute approximate surface area is 151 Å². The Morgan fingerprint density at radius 1 is 1.19 bits per heavy atom. The SMILES string of the molecule is CN=C(NCCc1cccs1)NCc1ccc(Cl)cc1.I. The fraction of sp³-hybridized carbons (Fsp3) is 0.267. The predicted molar refractivity (Wildman–Crippen MR) is 103 cm³/mol. The van der Waals surface area contributed by atoms with E-state index >= 15 is 0 Å². The lowest BCUT2D eigenvalue weighted by atomic mass is 10.2. The molecule has 0 aliphatic rings. The first-order chi connectivity index (χ1) is 9.78. The molecular weight excluding hydrogens is 417 g/mol. The van der Waals surface area contributed by atoms with E-state index in [2.05, 4.69) is 33.1 Å². The Morgan fingerprint density at radius 3 is 2.57 bits per heavy atom. The number of guanidine groups is 1. The van der Waals surface area contributed by atoms with Crippen molar-refractivity contribution in [3.05, 3.63) is 57.2 Å². The molecule has 0 saturated heterocycles. The molecule has 1 aromatic heterocycles. The maximum absolute atomic E-state index is 5.86. The van der Waals surface area contributed by atoms with E-state index in [0.29, 0.717) is 0 Å². The first kappa shape index (κ1) is 18.3. The van der Waals surface area contributed by atoms with Gasteiger partial charge in [-0.1, -0.05) is 29.8 Å². The standard InChI is InChI=1S/C15H18ClN3S.HI/c1-17-15(18-9-8-14-3-2-10-20-14)19-11-12-4-6-13(16)7-5-12;/h2-7,10H,8-9,11H2,1H3,(H2,17,18,19);1H. The van der Waals surface area contributed by atoms with Gasteiger partial charge < -0.3 is 10.6 Å². The summed E-state index contributed by atoms with van der Waals surface area (Å²) in [6.07, 6.45) is 1.01. The molecule has 0 aliphatic heterocycles. The molecule has 0 atom stereocenters. The van der Waals surface area contributed by atoms with Crippen LogP contribution in [0.2, 0.25) is 5.02 Å². The monoisotopic (exact) mass is 435 g/mol. The second-order valence-corrected chi connectivity index (χ2v) is 5.78. The zero-order valence-corrected chi connectivity index (χ0v) is 15.7. The van der Waals surface area contributed by atoms with Crippen molar-refractivity contribution in [2.75, 3.05) is 13.6 Å². The summed E-state index contributed by atoms with van der Waals surface area (Å²) in [4.78, 5) is 5.59. The highest BCUT2D eigenvalue weighted by atomic mass is 127. The molecule has 1 heterocycles. The molecule has 3 nitrogen and oxygen atoms in total. The minimum atomic E-state index is 0. The number of nitrogens with one attached hydrogen (secondary N) is 2. The second kappa shape index (κ2) is 10.0. The second-order valence-electron chi connectivity index (χ2n) is 4.31. The first-order valence-corrected chi connectivity index (χ1v) is 7.75. The zero-order chi connectivity index (χ0) is 14.2. The van der Waals surface area contributed by atoms with E-state index in [1.165, 1.54) is 10.4 Å². The average molecular weight is 436 g/mol. The van der Waals surface area contributed by atoms with Crippen molar-refractivity contribution in [2.24, 2.45) is 4.99 Å². The van der Waals surface area contributed by atoms with E-state index in [9.17, 15) is 0 Å². The number of aliphatic imine (C=N–C) groups is 1. The smallest absolute Gasteiger partial charge is 0.191 e. The van der Waals surface area contributed by atoms with Gasteiger partial charge in [0.15, 0.2) is 5.96 Å². The van der Waals surface area contributed by atoms with E-state index in [4.69, 9.17) is 11.6 Å². The normalized spacial score (nSPS) is 10.9. The van der Waals surface area contributed by atoms with Crippen LogP contribution in [0, 0.1) is 0 Å². The molecule has 0 amide bonds. The summed E-state index contributed by atoms with van der Waals surface area (Å²) < 4.78 is 0. The number of rotatable bonds is 5. The molecular formula is C15H19ClIN3S. The van der Waals surface area contributed by atoms with Gasteiger partial charge in [-0.2, -0.15) is 0 Å². The van der Waals surface area contributed by atoms with Crippen LogP contribution < -0.4 is 10.6 Å². The van der Waals surface area contributed by atoms with Crippen molar-refractivity contribution in [1.82, 2.24) is 10.6 Å². The zero-order valence-electron chi connectivity index (χ0n) is 11.8. The summed E-state index contributed by atoms with van der Waals surface area (Å²) in [6, 6.07) is 12.0. The molecule has 0 spiro atoms. The van der Waals surface area contributed by atoms with Crippen molar-refractivity contribution < 1.29 is 0 Å². The molecule has 2 aromatic rings. The molecule has 21 heavy (non-hydrogen) atoms.